The van der Waals surface area contributed by atoms with Gasteiger partial charge in [0, 0.05) is 6.04 Å². The van der Waals surface area contributed by atoms with Gasteiger partial charge < -0.3 is 14.8 Å². The fourth-order valence-electron chi connectivity index (χ4n) is 4.01. The first-order valence-electron chi connectivity index (χ1n) is 11.0. The van der Waals surface area contributed by atoms with Crippen LogP contribution in [0.25, 0.3) is 0 Å². The average Bonchev–Trinajstić information content (AvgIpc) is 2.79. The largest absolute Gasteiger partial charge is 0.497 e. The summed E-state index contributed by atoms with van der Waals surface area (Å²) < 4.78 is 38.8. The Labute approximate surface area is 190 Å². The van der Waals surface area contributed by atoms with Gasteiger partial charge in [-0.05, 0) is 49.2 Å². The maximum absolute atomic E-state index is 13.6. The van der Waals surface area contributed by atoms with E-state index in [0.29, 0.717) is 17.2 Å². The summed E-state index contributed by atoms with van der Waals surface area (Å²) in [6.45, 7) is -0.328. The van der Waals surface area contributed by atoms with Crippen LogP contribution in [0.3, 0.4) is 0 Å². The highest BCUT2D eigenvalue weighted by atomic mass is 32.2. The van der Waals surface area contributed by atoms with Crippen molar-refractivity contribution < 1.29 is 22.7 Å². The molecule has 174 valence electrons. The smallest absolute Gasteiger partial charge is 0.264 e. The molecule has 1 amide bonds. The van der Waals surface area contributed by atoms with E-state index in [1.165, 1.54) is 45.6 Å². The van der Waals surface area contributed by atoms with Gasteiger partial charge in [0.25, 0.3) is 10.0 Å². The summed E-state index contributed by atoms with van der Waals surface area (Å²) in [5, 5.41) is 3.06. The standard InChI is InChI=1S/C24H32N2O5S/c1-30-20-14-16-21(17-15-20)32(28,29)26(22-12-8-9-13-23(22)31-2)18-24(27)25-19-10-6-4-3-5-7-11-19/h8-9,12-17,19H,3-7,10-11,18H2,1-2H3,(H,25,27). The number of nitrogens with one attached hydrogen (secondary N) is 1. The van der Waals surface area contributed by atoms with Gasteiger partial charge in [-0.2, -0.15) is 0 Å². The molecule has 0 bridgehead atoms. The molecule has 0 radical (unpaired) electrons. The molecule has 32 heavy (non-hydrogen) atoms. The summed E-state index contributed by atoms with van der Waals surface area (Å²) in [4.78, 5) is 13.1. The summed E-state index contributed by atoms with van der Waals surface area (Å²) in [7, 11) is -1.03. The molecule has 1 N–H and O–H groups in total. The molecule has 2 aromatic carbocycles. The SMILES string of the molecule is COc1ccc(S(=O)(=O)N(CC(=O)NC2CCCCCCC2)c2ccccc2OC)cc1. The molecule has 0 heterocycles. The van der Waals surface area contributed by atoms with Crippen LogP contribution in [0.2, 0.25) is 0 Å². The third-order valence-electron chi connectivity index (χ3n) is 5.76. The second-order valence-corrected chi connectivity index (χ2v) is 9.83. The van der Waals surface area contributed by atoms with E-state index < -0.39 is 10.0 Å². The van der Waals surface area contributed by atoms with Crippen LogP contribution in [0.1, 0.15) is 44.9 Å². The Hall–Kier alpha value is -2.74. The number of methoxy groups -OCH3 is 2. The van der Waals surface area contributed by atoms with Crippen LogP contribution < -0.4 is 19.1 Å². The summed E-state index contributed by atoms with van der Waals surface area (Å²) in [5.74, 6) is 0.608. The van der Waals surface area contributed by atoms with Crippen LogP contribution in [0.15, 0.2) is 53.4 Å². The van der Waals surface area contributed by atoms with Crippen LogP contribution in [0, 0.1) is 0 Å². The highest BCUT2D eigenvalue weighted by Gasteiger charge is 2.30. The molecule has 1 aliphatic carbocycles. The van der Waals surface area contributed by atoms with Crippen molar-refractivity contribution in [1.82, 2.24) is 5.32 Å². The zero-order valence-corrected chi connectivity index (χ0v) is 19.6. The van der Waals surface area contributed by atoms with E-state index in [2.05, 4.69) is 5.32 Å². The number of amides is 1. The Morgan fingerprint density at radius 1 is 0.938 bits per heavy atom. The van der Waals surface area contributed by atoms with Crippen molar-refractivity contribution in [2.75, 3.05) is 25.1 Å². The maximum atomic E-state index is 13.6. The number of carbonyl (C=O) groups is 1. The van der Waals surface area contributed by atoms with Crippen molar-refractivity contribution in [3.05, 3.63) is 48.5 Å². The quantitative estimate of drug-likeness (QED) is 0.640. The van der Waals surface area contributed by atoms with E-state index in [4.69, 9.17) is 9.47 Å². The molecule has 3 rings (SSSR count). The van der Waals surface area contributed by atoms with E-state index >= 15 is 0 Å². The fourth-order valence-corrected chi connectivity index (χ4v) is 5.45. The Bertz CT molecular complexity index is 984. The topological polar surface area (TPSA) is 84.9 Å². The Morgan fingerprint density at radius 3 is 2.19 bits per heavy atom. The predicted molar refractivity (Wildman–Crippen MR) is 125 cm³/mol. The van der Waals surface area contributed by atoms with Gasteiger partial charge in [0.2, 0.25) is 5.91 Å². The number of carbonyl (C=O) groups excluding carboxylic acids is 1. The van der Waals surface area contributed by atoms with Crippen molar-refractivity contribution in [2.45, 2.75) is 55.9 Å². The first kappa shape index (κ1) is 23.9. The molecule has 0 aliphatic heterocycles. The minimum atomic E-state index is -4.02. The lowest BCUT2D eigenvalue weighted by Crippen LogP contribution is -2.44. The third kappa shape index (κ3) is 5.94. The van der Waals surface area contributed by atoms with Gasteiger partial charge in [-0.1, -0.05) is 44.2 Å². The van der Waals surface area contributed by atoms with Crippen LogP contribution in [0.4, 0.5) is 5.69 Å². The summed E-state index contributed by atoms with van der Waals surface area (Å²) >= 11 is 0. The Kier molecular flexibility index (Phi) is 8.39. The lowest BCUT2D eigenvalue weighted by atomic mass is 9.97. The average molecular weight is 461 g/mol. The monoisotopic (exact) mass is 460 g/mol. The van der Waals surface area contributed by atoms with E-state index in [0.717, 1.165) is 30.0 Å². The molecule has 0 aromatic heterocycles. The minimum Gasteiger partial charge on any atom is -0.497 e. The molecular formula is C24H32N2O5S. The van der Waals surface area contributed by atoms with E-state index in [-0.39, 0.29) is 23.4 Å². The van der Waals surface area contributed by atoms with Crippen molar-refractivity contribution in [2.24, 2.45) is 0 Å². The molecule has 1 saturated carbocycles. The number of hydrogen-bond acceptors (Lipinski definition) is 5. The molecule has 2 aromatic rings. The maximum Gasteiger partial charge on any atom is 0.264 e. The second-order valence-electron chi connectivity index (χ2n) is 7.97. The molecule has 1 aliphatic rings. The van der Waals surface area contributed by atoms with Gasteiger partial charge in [0.05, 0.1) is 24.8 Å². The molecule has 0 atom stereocenters. The summed E-state index contributed by atoms with van der Waals surface area (Å²) in [5.41, 5.74) is 0.318. The van der Waals surface area contributed by atoms with Gasteiger partial charge in [-0.3, -0.25) is 9.10 Å². The number of para-hydroxylation sites is 2. The van der Waals surface area contributed by atoms with E-state index in [1.54, 1.807) is 36.4 Å². The normalized spacial score (nSPS) is 15.3. The Balaban J connectivity index is 1.89. The van der Waals surface area contributed by atoms with Crippen LogP contribution in [-0.4, -0.2) is 41.1 Å². The molecule has 0 unspecified atom stereocenters. The van der Waals surface area contributed by atoms with E-state index in [1.807, 2.05) is 0 Å². The number of sulfonamides is 1. The number of hydrogen-bond donors (Lipinski definition) is 1. The fraction of sp³-hybridized carbons (Fsp3) is 0.458. The minimum absolute atomic E-state index is 0.0722. The highest BCUT2D eigenvalue weighted by Crippen LogP contribution is 2.32. The molecule has 8 heteroatoms. The van der Waals surface area contributed by atoms with Gasteiger partial charge in [-0.15, -0.1) is 0 Å². The van der Waals surface area contributed by atoms with Gasteiger partial charge in [0.1, 0.15) is 18.0 Å². The first-order valence-corrected chi connectivity index (χ1v) is 12.5. The van der Waals surface area contributed by atoms with Crippen LogP contribution >= 0.6 is 0 Å². The lowest BCUT2D eigenvalue weighted by molar-refractivity contribution is -0.120. The number of nitrogens with zero attached hydrogens (tertiary/aromatic N) is 1. The van der Waals surface area contributed by atoms with Crippen molar-refractivity contribution in [3.8, 4) is 11.5 Å². The zero-order valence-electron chi connectivity index (χ0n) is 18.7. The second kappa shape index (κ2) is 11.2. The molecule has 0 saturated heterocycles. The summed E-state index contributed by atoms with van der Waals surface area (Å²) in [6, 6.07) is 13.0. The highest BCUT2D eigenvalue weighted by molar-refractivity contribution is 7.92. The van der Waals surface area contributed by atoms with Crippen molar-refractivity contribution >= 4 is 21.6 Å². The first-order chi connectivity index (χ1) is 15.5. The van der Waals surface area contributed by atoms with E-state index in [9.17, 15) is 13.2 Å². The molecule has 0 spiro atoms. The molecular weight excluding hydrogens is 428 g/mol. The van der Waals surface area contributed by atoms with Gasteiger partial charge >= 0.3 is 0 Å². The van der Waals surface area contributed by atoms with Crippen molar-refractivity contribution in [3.63, 3.8) is 0 Å². The summed E-state index contributed by atoms with van der Waals surface area (Å²) in [6.07, 6.45) is 7.58. The molecule has 1 fully saturated rings. The lowest BCUT2D eigenvalue weighted by Gasteiger charge is -2.27. The van der Waals surface area contributed by atoms with Crippen LogP contribution in [0.5, 0.6) is 11.5 Å². The van der Waals surface area contributed by atoms with Crippen molar-refractivity contribution in [1.29, 1.82) is 0 Å². The number of benzene rings is 2. The van der Waals surface area contributed by atoms with Gasteiger partial charge in [0.15, 0.2) is 0 Å². The zero-order chi connectivity index (χ0) is 23.0. The predicted octanol–water partition coefficient (Wildman–Crippen LogP) is 4.13. The third-order valence-corrected chi connectivity index (χ3v) is 7.53. The number of rotatable bonds is 8. The Morgan fingerprint density at radius 2 is 1.56 bits per heavy atom. The number of anilines is 1. The molecule has 7 nitrogen and oxygen atoms in total. The number of ether oxygens (including phenoxy) is 2. The van der Waals surface area contributed by atoms with Crippen LogP contribution in [-0.2, 0) is 14.8 Å². The van der Waals surface area contributed by atoms with Gasteiger partial charge in [-0.25, -0.2) is 8.42 Å².